The van der Waals surface area contributed by atoms with E-state index in [1.807, 2.05) is 61.1 Å². The van der Waals surface area contributed by atoms with E-state index in [0.29, 0.717) is 5.82 Å². The second-order valence-corrected chi connectivity index (χ2v) is 12.5. The summed E-state index contributed by atoms with van der Waals surface area (Å²) >= 11 is 1.53. The van der Waals surface area contributed by atoms with E-state index in [1.165, 1.54) is 11.3 Å². The van der Waals surface area contributed by atoms with Gasteiger partial charge in [-0.05, 0) is 55.1 Å². The minimum atomic E-state index is -0.325. The number of carbonyl (C=O) groups is 2. The molecular weight excluding hydrogens is 560 g/mol. The van der Waals surface area contributed by atoms with Crippen LogP contribution in [0.25, 0.3) is 15.7 Å². The maximum Gasteiger partial charge on any atom is 0.261 e. The van der Waals surface area contributed by atoms with Gasteiger partial charge < -0.3 is 24.8 Å². The molecule has 6 heterocycles. The highest BCUT2D eigenvalue weighted by Crippen LogP contribution is 2.30. The standard InChI is InChI=1S/C32H34N8O2S/c1-37-14-15-38(2)32(42)29(37)22-9-10-28(34-18-22)36-25-17-24(20-40-13-11-33-30(25)40)39-12-5-7-23(19-39)35-31(41)27-16-21-6-3-4-8-26(21)43-27/h3-4,6,8-11,13,16-18,20,23,29H,5,7,12,14-15,19H2,1-2H3,(H,34,36)(H,35,41)/t23-,29+/m0/s1. The third kappa shape index (κ3) is 5.41. The molecule has 10 nitrogen and oxygen atoms in total. The van der Waals surface area contributed by atoms with Crippen molar-refractivity contribution in [1.29, 1.82) is 0 Å². The zero-order chi connectivity index (χ0) is 29.5. The average molecular weight is 595 g/mol. The van der Waals surface area contributed by atoms with Crippen LogP contribution in [0.1, 0.15) is 34.1 Å². The second-order valence-electron chi connectivity index (χ2n) is 11.4. The highest BCUT2D eigenvalue weighted by Gasteiger charge is 2.32. The van der Waals surface area contributed by atoms with E-state index in [1.54, 1.807) is 17.3 Å². The smallest absolute Gasteiger partial charge is 0.261 e. The van der Waals surface area contributed by atoms with Crippen LogP contribution in [0.2, 0.25) is 0 Å². The number of rotatable bonds is 6. The molecule has 0 bridgehead atoms. The van der Waals surface area contributed by atoms with Crippen molar-refractivity contribution in [2.45, 2.75) is 24.9 Å². The van der Waals surface area contributed by atoms with E-state index < -0.39 is 0 Å². The summed E-state index contributed by atoms with van der Waals surface area (Å²) in [6.07, 6.45) is 9.51. The lowest BCUT2D eigenvalue weighted by atomic mass is 10.0. The molecular formula is C32H34N8O2S. The van der Waals surface area contributed by atoms with Gasteiger partial charge in [-0.3, -0.25) is 14.5 Å². The Morgan fingerprint density at radius 1 is 1.05 bits per heavy atom. The number of piperidine rings is 1. The third-order valence-electron chi connectivity index (χ3n) is 8.45. The molecule has 43 heavy (non-hydrogen) atoms. The van der Waals surface area contributed by atoms with Gasteiger partial charge in [-0.15, -0.1) is 11.3 Å². The number of anilines is 3. The second kappa shape index (κ2) is 11.3. The summed E-state index contributed by atoms with van der Waals surface area (Å²) in [6.45, 7) is 3.18. The number of carbonyl (C=O) groups excluding carboxylic acids is 2. The first kappa shape index (κ1) is 27.4. The lowest BCUT2D eigenvalue weighted by molar-refractivity contribution is -0.139. The number of thiophene rings is 1. The van der Waals surface area contributed by atoms with Crippen molar-refractivity contribution in [1.82, 2.24) is 29.5 Å². The first-order valence-electron chi connectivity index (χ1n) is 14.6. The molecule has 2 fully saturated rings. The highest BCUT2D eigenvalue weighted by molar-refractivity contribution is 7.20. The summed E-state index contributed by atoms with van der Waals surface area (Å²) in [5.41, 5.74) is 3.55. The number of nitrogens with one attached hydrogen (secondary N) is 2. The van der Waals surface area contributed by atoms with Gasteiger partial charge in [-0.25, -0.2) is 9.97 Å². The number of aromatic nitrogens is 3. The zero-order valence-electron chi connectivity index (χ0n) is 24.2. The van der Waals surface area contributed by atoms with Gasteiger partial charge in [0.2, 0.25) is 5.91 Å². The largest absolute Gasteiger partial charge is 0.368 e. The summed E-state index contributed by atoms with van der Waals surface area (Å²) in [5.74, 6) is 0.753. The highest BCUT2D eigenvalue weighted by atomic mass is 32.1. The Balaban J connectivity index is 1.08. The van der Waals surface area contributed by atoms with Crippen molar-refractivity contribution in [3.8, 4) is 0 Å². The molecule has 4 aromatic heterocycles. The van der Waals surface area contributed by atoms with Crippen molar-refractivity contribution >= 4 is 56.1 Å². The Kier molecular flexibility index (Phi) is 7.20. The molecule has 0 saturated carbocycles. The van der Waals surface area contributed by atoms with Crippen LogP contribution in [0.3, 0.4) is 0 Å². The number of benzene rings is 1. The average Bonchev–Trinajstić information content (AvgIpc) is 3.68. The normalized spacial score (nSPS) is 19.7. The van der Waals surface area contributed by atoms with Crippen LogP contribution >= 0.6 is 11.3 Å². The van der Waals surface area contributed by atoms with Crippen molar-refractivity contribution in [3.63, 3.8) is 0 Å². The summed E-state index contributed by atoms with van der Waals surface area (Å²) in [4.78, 5) is 42.1. The molecule has 2 atom stereocenters. The molecule has 2 aliphatic heterocycles. The van der Waals surface area contributed by atoms with E-state index in [0.717, 1.165) is 76.6 Å². The van der Waals surface area contributed by atoms with Crippen LogP contribution in [0.5, 0.6) is 0 Å². The Morgan fingerprint density at radius 2 is 1.93 bits per heavy atom. The van der Waals surface area contributed by atoms with Crippen LogP contribution < -0.4 is 15.5 Å². The van der Waals surface area contributed by atoms with Gasteiger partial charge >= 0.3 is 0 Å². The Hall–Kier alpha value is -4.48. The SMILES string of the molecule is CN1CCN(C)[C@H](c2ccc(Nc3cc(N4CCC[C@H](NC(=O)c5cc6ccccc6s5)C4)cn4ccnc34)nc2)C1=O. The first-order chi connectivity index (χ1) is 20.9. The van der Waals surface area contributed by atoms with E-state index in [9.17, 15) is 9.59 Å². The number of hydrogen-bond acceptors (Lipinski definition) is 8. The molecule has 7 rings (SSSR count). The number of hydrogen-bond donors (Lipinski definition) is 2. The first-order valence-corrected chi connectivity index (χ1v) is 15.4. The van der Waals surface area contributed by atoms with Crippen molar-refractivity contribution in [2.24, 2.45) is 0 Å². The predicted molar refractivity (Wildman–Crippen MR) is 170 cm³/mol. The van der Waals surface area contributed by atoms with E-state index in [4.69, 9.17) is 0 Å². The van der Waals surface area contributed by atoms with Crippen LogP contribution in [0.15, 0.2) is 73.3 Å². The Labute approximate surface area is 253 Å². The fourth-order valence-electron chi connectivity index (χ4n) is 6.08. The van der Waals surface area contributed by atoms with Crippen molar-refractivity contribution in [3.05, 3.63) is 83.8 Å². The Bertz CT molecular complexity index is 1770. The topological polar surface area (TPSA) is 98.1 Å². The van der Waals surface area contributed by atoms with Crippen LogP contribution in [-0.2, 0) is 4.79 Å². The number of amides is 2. The minimum Gasteiger partial charge on any atom is -0.368 e. The molecule has 1 aromatic carbocycles. The summed E-state index contributed by atoms with van der Waals surface area (Å²) in [7, 11) is 3.82. The van der Waals surface area contributed by atoms with Gasteiger partial charge in [0, 0.05) is 68.8 Å². The van der Waals surface area contributed by atoms with Gasteiger partial charge in [0.25, 0.3) is 5.91 Å². The van der Waals surface area contributed by atoms with Gasteiger partial charge in [0.1, 0.15) is 11.9 Å². The number of likely N-dealkylation sites (N-methyl/N-ethyl adjacent to an activating group) is 2. The van der Waals surface area contributed by atoms with E-state index in [-0.39, 0.29) is 23.9 Å². The van der Waals surface area contributed by atoms with Gasteiger partial charge in [0.15, 0.2) is 5.65 Å². The minimum absolute atomic E-state index is 0.0113. The maximum atomic E-state index is 13.1. The molecule has 0 unspecified atom stereocenters. The summed E-state index contributed by atoms with van der Waals surface area (Å²) in [5, 5.41) is 7.83. The quantitative estimate of drug-likeness (QED) is 0.298. The van der Waals surface area contributed by atoms with Gasteiger partial charge in [-0.1, -0.05) is 24.3 Å². The molecule has 220 valence electrons. The summed E-state index contributed by atoms with van der Waals surface area (Å²) < 4.78 is 3.13. The lowest BCUT2D eigenvalue weighted by Gasteiger charge is -2.36. The van der Waals surface area contributed by atoms with Crippen molar-refractivity contribution < 1.29 is 9.59 Å². The fraction of sp³-hybridized carbons (Fsp3) is 0.312. The molecule has 2 saturated heterocycles. The maximum absolute atomic E-state index is 13.1. The predicted octanol–water partition coefficient (Wildman–Crippen LogP) is 4.53. The molecule has 0 spiro atoms. The fourth-order valence-corrected chi connectivity index (χ4v) is 7.05. The number of imidazole rings is 1. The lowest BCUT2D eigenvalue weighted by Crippen LogP contribution is -2.49. The number of piperazine rings is 1. The van der Waals surface area contributed by atoms with Crippen molar-refractivity contribution in [2.75, 3.05) is 50.5 Å². The summed E-state index contributed by atoms with van der Waals surface area (Å²) in [6, 6.07) is 15.8. The van der Waals surface area contributed by atoms with Gasteiger partial charge in [0.05, 0.1) is 16.3 Å². The van der Waals surface area contributed by atoms with Crippen LogP contribution in [0, 0.1) is 0 Å². The Morgan fingerprint density at radius 3 is 2.77 bits per heavy atom. The molecule has 2 amide bonds. The van der Waals surface area contributed by atoms with E-state index >= 15 is 0 Å². The molecule has 2 N–H and O–H groups in total. The number of nitrogens with zero attached hydrogens (tertiary/aromatic N) is 6. The third-order valence-corrected chi connectivity index (χ3v) is 9.56. The van der Waals surface area contributed by atoms with Gasteiger partial charge in [-0.2, -0.15) is 0 Å². The number of fused-ring (bicyclic) bond motifs is 2. The molecule has 5 aromatic rings. The van der Waals surface area contributed by atoms with E-state index in [2.05, 4.69) is 48.7 Å². The van der Waals surface area contributed by atoms with Crippen LogP contribution in [0.4, 0.5) is 17.2 Å². The monoisotopic (exact) mass is 594 g/mol. The molecule has 2 aliphatic rings. The zero-order valence-corrected chi connectivity index (χ0v) is 25.1. The molecule has 0 aliphatic carbocycles. The van der Waals surface area contributed by atoms with Crippen LogP contribution in [-0.4, -0.2) is 82.3 Å². The number of pyridine rings is 2. The molecule has 0 radical (unpaired) electrons. The molecule has 11 heteroatoms.